The molecule has 198 valence electrons. The zero-order valence-corrected chi connectivity index (χ0v) is 22.6. The molecular formula is C30H34N4O3S. The van der Waals surface area contributed by atoms with Crippen molar-refractivity contribution in [3.63, 3.8) is 0 Å². The van der Waals surface area contributed by atoms with Gasteiger partial charge in [-0.25, -0.2) is 9.78 Å². The van der Waals surface area contributed by atoms with Crippen LogP contribution < -0.4 is 4.90 Å². The topological polar surface area (TPSA) is 66.0 Å². The van der Waals surface area contributed by atoms with E-state index in [9.17, 15) is 9.59 Å². The Morgan fingerprint density at radius 2 is 1.76 bits per heavy atom. The van der Waals surface area contributed by atoms with Gasteiger partial charge < -0.3 is 14.5 Å². The molecule has 0 saturated carbocycles. The van der Waals surface area contributed by atoms with Gasteiger partial charge in [0.2, 0.25) is 5.91 Å². The number of carbonyl (C=O) groups excluding carboxylic acids is 2. The van der Waals surface area contributed by atoms with E-state index in [2.05, 4.69) is 19.7 Å². The maximum Gasteiger partial charge on any atom is 0.330 e. The summed E-state index contributed by atoms with van der Waals surface area (Å²) in [5, 5.41) is 2.99. The predicted molar refractivity (Wildman–Crippen MR) is 150 cm³/mol. The third kappa shape index (κ3) is 6.14. The molecule has 0 N–H and O–H groups in total. The van der Waals surface area contributed by atoms with Crippen LogP contribution in [0.2, 0.25) is 0 Å². The summed E-state index contributed by atoms with van der Waals surface area (Å²) in [6.07, 6.45) is 4.31. The van der Waals surface area contributed by atoms with Crippen molar-refractivity contribution in [3.8, 4) is 0 Å². The number of thiazole rings is 1. The smallest absolute Gasteiger partial charge is 0.330 e. The van der Waals surface area contributed by atoms with Gasteiger partial charge in [-0.15, -0.1) is 11.3 Å². The number of amides is 1. The van der Waals surface area contributed by atoms with Crippen LogP contribution in [0.25, 0.3) is 0 Å². The lowest BCUT2D eigenvalue weighted by molar-refractivity contribution is -0.137. The lowest BCUT2D eigenvalue weighted by Crippen LogP contribution is -2.59. The monoisotopic (exact) mass is 530 g/mol. The number of nitrogens with zero attached hydrogens (tertiary/aromatic N) is 4. The van der Waals surface area contributed by atoms with Crippen LogP contribution in [0.15, 0.2) is 83.9 Å². The van der Waals surface area contributed by atoms with E-state index in [1.54, 1.807) is 17.4 Å². The summed E-state index contributed by atoms with van der Waals surface area (Å²) in [4.78, 5) is 37.6. The van der Waals surface area contributed by atoms with E-state index in [0.717, 1.165) is 61.0 Å². The van der Waals surface area contributed by atoms with Crippen molar-refractivity contribution in [3.05, 3.63) is 95.0 Å². The highest BCUT2D eigenvalue weighted by molar-refractivity contribution is 7.13. The first kappa shape index (κ1) is 26.1. The molecule has 3 aromatic rings. The van der Waals surface area contributed by atoms with E-state index >= 15 is 0 Å². The fourth-order valence-electron chi connectivity index (χ4n) is 5.45. The van der Waals surface area contributed by atoms with Gasteiger partial charge in [-0.2, -0.15) is 0 Å². The highest BCUT2D eigenvalue weighted by atomic mass is 32.1. The fourth-order valence-corrected chi connectivity index (χ4v) is 6.13. The van der Waals surface area contributed by atoms with Crippen LogP contribution >= 0.6 is 11.3 Å². The summed E-state index contributed by atoms with van der Waals surface area (Å²) < 4.78 is 5.10. The molecule has 2 saturated heterocycles. The average molecular weight is 531 g/mol. The Morgan fingerprint density at radius 3 is 2.39 bits per heavy atom. The van der Waals surface area contributed by atoms with Gasteiger partial charge in [0.1, 0.15) is 0 Å². The third-order valence-corrected chi connectivity index (χ3v) is 8.05. The normalized spacial score (nSPS) is 19.3. The van der Waals surface area contributed by atoms with Crippen molar-refractivity contribution in [2.75, 3.05) is 50.8 Å². The first-order chi connectivity index (χ1) is 18.6. The Morgan fingerprint density at radius 1 is 1.05 bits per heavy atom. The van der Waals surface area contributed by atoms with Crippen LogP contribution in [0.3, 0.4) is 0 Å². The maximum absolute atomic E-state index is 14.4. The van der Waals surface area contributed by atoms with Crippen molar-refractivity contribution < 1.29 is 14.3 Å². The molecule has 5 rings (SSSR count). The largest absolute Gasteiger partial charge is 0.463 e. The number of hydrogen-bond donors (Lipinski definition) is 0. The van der Waals surface area contributed by atoms with Crippen molar-refractivity contribution in [2.45, 2.75) is 25.3 Å². The van der Waals surface area contributed by atoms with Crippen LogP contribution in [-0.2, 0) is 14.3 Å². The van der Waals surface area contributed by atoms with Crippen molar-refractivity contribution in [1.82, 2.24) is 14.8 Å². The molecule has 2 fully saturated rings. The van der Waals surface area contributed by atoms with E-state index < -0.39 is 0 Å². The van der Waals surface area contributed by atoms with Crippen LogP contribution in [-0.4, -0.2) is 78.6 Å². The van der Waals surface area contributed by atoms with Gasteiger partial charge in [0.05, 0.1) is 18.6 Å². The number of piperazine rings is 1. The van der Waals surface area contributed by atoms with Crippen LogP contribution in [0.4, 0.5) is 5.13 Å². The molecule has 2 aromatic carbocycles. The average Bonchev–Trinajstić information content (AvgIpc) is 3.63. The van der Waals surface area contributed by atoms with Gasteiger partial charge in [-0.3, -0.25) is 9.69 Å². The number of benzene rings is 2. The molecule has 1 amide bonds. The number of esters is 1. The molecule has 1 aromatic heterocycles. The van der Waals surface area contributed by atoms with Gasteiger partial charge in [-0.1, -0.05) is 60.7 Å². The minimum absolute atomic E-state index is 0.00276. The molecule has 0 bridgehead atoms. The van der Waals surface area contributed by atoms with Crippen LogP contribution in [0.5, 0.6) is 0 Å². The second kappa shape index (κ2) is 12.4. The molecule has 38 heavy (non-hydrogen) atoms. The SMILES string of the molecule is CCOC(=O)C=C1CCN(C[C@@H]2CN(c3nccs3)CCN2C(=O)C(c2ccccc2)c2ccccc2)C1. The highest BCUT2D eigenvalue weighted by Crippen LogP contribution is 2.30. The Bertz CT molecular complexity index is 1190. The molecule has 0 unspecified atom stereocenters. The Balaban J connectivity index is 1.39. The molecule has 8 heteroatoms. The minimum atomic E-state index is -0.357. The molecule has 2 aliphatic heterocycles. The first-order valence-electron chi connectivity index (χ1n) is 13.3. The Hall–Kier alpha value is -3.49. The predicted octanol–water partition coefficient (Wildman–Crippen LogP) is 4.19. The summed E-state index contributed by atoms with van der Waals surface area (Å²) in [6.45, 7) is 6.63. The number of likely N-dealkylation sites (tertiary alicyclic amines) is 1. The van der Waals surface area contributed by atoms with Gasteiger partial charge in [0, 0.05) is 56.9 Å². The van der Waals surface area contributed by atoms with Crippen molar-refractivity contribution >= 4 is 28.3 Å². The number of aromatic nitrogens is 1. The Labute approximate surface area is 228 Å². The molecule has 0 spiro atoms. The quantitative estimate of drug-likeness (QED) is 0.322. The van der Waals surface area contributed by atoms with E-state index in [1.165, 1.54) is 0 Å². The summed E-state index contributed by atoms with van der Waals surface area (Å²) >= 11 is 1.63. The summed E-state index contributed by atoms with van der Waals surface area (Å²) in [5.74, 6) is -0.501. The number of anilines is 1. The second-order valence-electron chi connectivity index (χ2n) is 9.74. The molecule has 3 heterocycles. The summed E-state index contributed by atoms with van der Waals surface area (Å²) in [5.41, 5.74) is 3.09. The standard InChI is InChI=1S/C30H34N4O3S/c1-2-37-27(35)19-23-13-15-32(20-23)21-26-22-33(30-31-14-18-38-30)16-17-34(26)29(36)28(24-9-5-3-6-10-24)25-11-7-4-8-12-25/h3-12,14,18-19,26,28H,2,13,15-17,20-22H2,1H3/t26-/m1/s1. The maximum atomic E-state index is 14.4. The van der Waals surface area contributed by atoms with Gasteiger partial charge >= 0.3 is 5.97 Å². The number of rotatable bonds is 8. The van der Waals surface area contributed by atoms with Crippen molar-refractivity contribution in [2.24, 2.45) is 0 Å². The van der Waals surface area contributed by atoms with E-state index in [1.807, 2.05) is 79.2 Å². The molecule has 1 atom stereocenters. The molecule has 0 aliphatic carbocycles. The van der Waals surface area contributed by atoms with Crippen LogP contribution in [0, 0.1) is 0 Å². The van der Waals surface area contributed by atoms with E-state index in [-0.39, 0.29) is 23.8 Å². The van der Waals surface area contributed by atoms with Gasteiger partial charge in [0.25, 0.3) is 0 Å². The van der Waals surface area contributed by atoms with Crippen LogP contribution in [0.1, 0.15) is 30.4 Å². The minimum Gasteiger partial charge on any atom is -0.463 e. The zero-order chi connectivity index (χ0) is 26.3. The first-order valence-corrected chi connectivity index (χ1v) is 14.1. The highest BCUT2D eigenvalue weighted by Gasteiger charge is 2.37. The lowest BCUT2D eigenvalue weighted by Gasteiger charge is -2.44. The van der Waals surface area contributed by atoms with Gasteiger partial charge in [0.15, 0.2) is 5.13 Å². The van der Waals surface area contributed by atoms with E-state index in [0.29, 0.717) is 13.2 Å². The molecule has 7 nitrogen and oxygen atoms in total. The second-order valence-corrected chi connectivity index (χ2v) is 10.6. The zero-order valence-electron chi connectivity index (χ0n) is 21.7. The number of hydrogen-bond acceptors (Lipinski definition) is 7. The summed E-state index contributed by atoms with van der Waals surface area (Å²) in [6, 6.07) is 20.1. The fraction of sp³-hybridized carbons (Fsp3) is 0.367. The molecular weight excluding hydrogens is 496 g/mol. The third-order valence-electron chi connectivity index (χ3n) is 7.22. The number of ether oxygens (including phenoxy) is 1. The van der Waals surface area contributed by atoms with Crippen molar-refractivity contribution in [1.29, 1.82) is 0 Å². The molecule has 2 aliphatic rings. The van der Waals surface area contributed by atoms with E-state index in [4.69, 9.17) is 4.74 Å². The van der Waals surface area contributed by atoms with Gasteiger partial charge in [-0.05, 0) is 30.0 Å². The molecule has 0 radical (unpaired) electrons. The summed E-state index contributed by atoms with van der Waals surface area (Å²) in [7, 11) is 0. The lowest BCUT2D eigenvalue weighted by atomic mass is 9.89. The number of carbonyl (C=O) groups is 2. The Kier molecular flexibility index (Phi) is 8.51.